The van der Waals surface area contributed by atoms with Crippen LogP contribution in [0.3, 0.4) is 0 Å². The van der Waals surface area contributed by atoms with Crippen LogP contribution in [0.4, 0.5) is 0 Å². The van der Waals surface area contributed by atoms with Crippen molar-refractivity contribution in [1.82, 2.24) is 0 Å². The van der Waals surface area contributed by atoms with Gasteiger partial charge in [-0.05, 0) is 26.7 Å². The molecule has 3 heteroatoms. The second-order valence-corrected chi connectivity index (χ2v) is 10.6. The molecule has 0 radical (unpaired) electrons. The first-order valence-corrected chi connectivity index (χ1v) is 13.3. The third kappa shape index (κ3) is 14.4. The molecule has 0 aromatic rings. The third-order valence-corrected chi connectivity index (χ3v) is 7.33. The van der Waals surface area contributed by atoms with Crippen LogP contribution in [0.25, 0.3) is 0 Å². The van der Waals surface area contributed by atoms with E-state index in [1.165, 1.54) is 116 Å². The van der Waals surface area contributed by atoms with Crippen molar-refractivity contribution < 1.29 is 14.4 Å². The van der Waals surface area contributed by atoms with Gasteiger partial charge in [0, 0.05) is 0 Å². The fourth-order valence-corrected chi connectivity index (χ4v) is 4.11. The van der Waals surface area contributed by atoms with Gasteiger partial charge in [0.2, 0.25) is 0 Å². The Morgan fingerprint density at radius 1 is 0.600 bits per heavy atom. The zero-order chi connectivity index (χ0) is 22.7. The number of carboxylic acids is 1. The van der Waals surface area contributed by atoms with Crippen LogP contribution in [-0.4, -0.2) is 36.6 Å². The fourth-order valence-electron chi connectivity index (χ4n) is 4.11. The molecule has 0 saturated heterocycles. The summed E-state index contributed by atoms with van der Waals surface area (Å²) in [6, 6.07) is 0. The molecule has 30 heavy (non-hydrogen) atoms. The van der Waals surface area contributed by atoms with Gasteiger partial charge in [0.1, 0.15) is 11.5 Å². The zero-order valence-corrected chi connectivity index (χ0v) is 21.4. The molecule has 0 spiro atoms. The number of unbranched alkanes of at least 4 members (excludes halogenated alkanes) is 18. The number of likely N-dealkylation sites (N-methyl/N-ethyl adjacent to an activating group) is 1. The summed E-state index contributed by atoms with van der Waals surface area (Å²) in [6.07, 6.45) is 26.3. The Kier molecular flexibility index (Phi) is 17.7. The maximum atomic E-state index is 11.3. The molecule has 0 rings (SSSR count). The SMILES string of the molecule is CCCCCCCCCCCCCCCCCCCCC[N+](C)(C)C(C)(C)C(=O)[O-]. The Balaban J connectivity index is 3.33. The van der Waals surface area contributed by atoms with Crippen LogP contribution in [0.15, 0.2) is 0 Å². The first-order valence-electron chi connectivity index (χ1n) is 13.3. The maximum Gasteiger partial charge on any atom is 0.133 e. The quantitative estimate of drug-likeness (QED) is 0.138. The van der Waals surface area contributed by atoms with E-state index in [4.69, 9.17) is 0 Å². The van der Waals surface area contributed by atoms with Crippen molar-refractivity contribution in [2.75, 3.05) is 20.6 Å². The minimum Gasteiger partial charge on any atom is -0.544 e. The molecular weight excluding hydrogens is 370 g/mol. The molecule has 0 aliphatic heterocycles. The molecule has 0 aliphatic rings. The predicted molar refractivity (Wildman–Crippen MR) is 129 cm³/mol. The molecule has 0 N–H and O–H groups in total. The van der Waals surface area contributed by atoms with E-state index in [0.717, 1.165) is 13.0 Å². The lowest BCUT2D eigenvalue weighted by Crippen LogP contribution is -2.64. The molecule has 0 heterocycles. The van der Waals surface area contributed by atoms with Gasteiger partial charge in [-0.2, -0.15) is 0 Å². The molecular formula is C27H55NO2. The maximum absolute atomic E-state index is 11.3. The van der Waals surface area contributed by atoms with Gasteiger partial charge in [0.25, 0.3) is 0 Å². The van der Waals surface area contributed by atoms with Crippen molar-refractivity contribution >= 4 is 5.97 Å². The van der Waals surface area contributed by atoms with Gasteiger partial charge < -0.3 is 14.4 Å². The van der Waals surface area contributed by atoms with E-state index < -0.39 is 11.5 Å². The topological polar surface area (TPSA) is 40.1 Å². The molecule has 0 aliphatic carbocycles. The van der Waals surface area contributed by atoms with Crippen LogP contribution < -0.4 is 5.11 Å². The van der Waals surface area contributed by atoms with E-state index in [1.807, 2.05) is 14.1 Å². The van der Waals surface area contributed by atoms with Crippen molar-refractivity contribution in [3.8, 4) is 0 Å². The van der Waals surface area contributed by atoms with Crippen LogP contribution in [0.2, 0.25) is 0 Å². The van der Waals surface area contributed by atoms with Gasteiger partial charge in [-0.1, -0.05) is 116 Å². The number of nitrogens with zero attached hydrogens (tertiary/aromatic N) is 1. The number of hydrogen-bond acceptors (Lipinski definition) is 2. The van der Waals surface area contributed by atoms with Crippen LogP contribution in [-0.2, 0) is 4.79 Å². The number of hydrogen-bond donors (Lipinski definition) is 0. The molecule has 0 fully saturated rings. The Morgan fingerprint density at radius 2 is 0.867 bits per heavy atom. The molecule has 0 aromatic carbocycles. The van der Waals surface area contributed by atoms with Crippen molar-refractivity contribution in [3.63, 3.8) is 0 Å². The summed E-state index contributed by atoms with van der Waals surface area (Å²) < 4.78 is 0.494. The van der Waals surface area contributed by atoms with E-state index in [1.54, 1.807) is 13.8 Å². The van der Waals surface area contributed by atoms with Gasteiger partial charge in [0.15, 0.2) is 0 Å². The summed E-state index contributed by atoms with van der Waals surface area (Å²) in [4.78, 5) is 11.3. The number of carbonyl (C=O) groups excluding carboxylic acids is 1. The molecule has 0 saturated carbocycles. The number of carbonyl (C=O) groups is 1. The minimum absolute atomic E-state index is 0.494. The number of aliphatic carboxylic acids is 1. The summed E-state index contributed by atoms with van der Waals surface area (Å²) in [5.74, 6) is -0.953. The van der Waals surface area contributed by atoms with Gasteiger partial charge >= 0.3 is 0 Å². The summed E-state index contributed by atoms with van der Waals surface area (Å²) in [6.45, 7) is 6.74. The van der Waals surface area contributed by atoms with E-state index >= 15 is 0 Å². The average molecular weight is 426 g/mol. The lowest BCUT2D eigenvalue weighted by Gasteiger charge is -2.45. The Hall–Kier alpha value is -0.570. The molecule has 0 unspecified atom stereocenters. The highest BCUT2D eigenvalue weighted by Crippen LogP contribution is 2.21. The van der Waals surface area contributed by atoms with Gasteiger partial charge in [-0.25, -0.2) is 0 Å². The summed E-state index contributed by atoms with van der Waals surface area (Å²) in [5, 5.41) is 11.3. The zero-order valence-electron chi connectivity index (χ0n) is 21.4. The van der Waals surface area contributed by atoms with Gasteiger partial charge in [-0.3, -0.25) is 0 Å². The lowest BCUT2D eigenvalue weighted by molar-refractivity contribution is -0.930. The van der Waals surface area contributed by atoms with E-state index in [-0.39, 0.29) is 0 Å². The van der Waals surface area contributed by atoms with Crippen LogP contribution in [0.5, 0.6) is 0 Å². The molecule has 0 aromatic heterocycles. The average Bonchev–Trinajstić information content (AvgIpc) is 2.69. The lowest BCUT2D eigenvalue weighted by atomic mass is 9.99. The summed E-state index contributed by atoms with van der Waals surface area (Å²) >= 11 is 0. The predicted octanol–water partition coefficient (Wildman–Crippen LogP) is 7.02. The Labute approximate surface area is 189 Å². The first-order chi connectivity index (χ1) is 14.3. The number of carboxylic acid groups (broad SMARTS) is 1. The van der Waals surface area contributed by atoms with Crippen LogP contribution in [0.1, 0.15) is 143 Å². The highest BCUT2D eigenvalue weighted by molar-refractivity contribution is 5.73. The van der Waals surface area contributed by atoms with Crippen molar-refractivity contribution in [3.05, 3.63) is 0 Å². The third-order valence-electron chi connectivity index (χ3n) is 7.33. The largest absolute Gasteiger partial charge is 0.544 e. The van der Waals surface area contributed by atoms with E-state index in [9.17, 15) is 9.90 Å². The van der Waals surface area contributed by atoms with Crippen molar-refractivity contribution in [1.29, 1.82) is 0 Å². The summed E-state index contributed by atoms with van der Waals surface area (Å²) in [7, 11) is 4.01. The van der Waals surface area contributed by atoms with Crippen LogP contribution in [0, 0.1) is 0 Å². The smallest absolute Gasteiger partial charge is 0.133 e. The standard InChI is InChI=1S/C27H55NO2/c1-6-7-8-9-10-11-12-13-14-15-16-17-18-19-20-21-22-23-24-25-28(4,5)27(2,3)26(29)30/h6-25H2,1-5H3. The van der Waals surface area contributed by atoms with Crippen molar-refractivity contribution in [2.24, 2.45) is 0 Å². The van der Waals surface area contributed by atoms with Crippen molar-refractivity contribution in [2.45, 2.75) is 148 Å². The highest BCUT2D eigenvalue weighted by Gasteiger charge is 2.37. The van der Waals surface area contributed by atoms with Gasteiger partial charge in [-0.15, -0.1) is 0 Å². The molecule has 180 valence electrons. The molecule has 0 bridgehead atoms. The Morgan fingerprint density at radius 3 is 1.13 bits per heavy atom. The first kappa shape index (κ1) is 29.4. The highest BCUT2D eigenvalue weighted by atomic mass is 16.4. The summed E-state index contributed by atoms with van der Waals surface area (Å²) in [5.41, 5.74) is -0.825. The molecule has 0 atom stereocenters. The molecule has 0 amide bonds. The fraction of sp³-hybridized carbons (Fsp3) is 0.963. The second kappa shape index (κ2) is 18.0. The second-order valence-electron chi connectivity index (χ2n) is 10.6. The van der Waals surface area contributed by atoms with Crippen LogP contribution >= 0.6 is 0 Å². The monoisotopic (exact) mass is 425 g/mol. The Bertz CT molecular complexity index is 404. The van der Waals surface area contributed by atoms with Gasteiger partial charge in [0.05, 0.1) is 20.6 Å². The van der Waals surface area contributed by atoms with E-state index in [0.29, 0.717) is 4.48 Å². The van der Waals surface area contributed by atoms with E-state index in [2.05, 4.69) is 6.92 Å². The number of quaternary nitrogens is 1. The molecule has 3 nitrogen and oxygen atoms in total. The minimum atomic E-state index is -0.953. The number of rotatable bonds is 22. The normalized spacial score (nSPS) is 12.4.